The van der Waals surface area contributed by atoms with Crippen LogP contribution in [-0.2, 0) is 16.1 Å². The van der Waals surface area contributed by atoms with E-state index in [-0.39, 0.29) is 18.4 Å². The number of hydrogen-bond donors (Lipinski definition) is 0. The molecule has 132 valence electrons. The molecule has 6 nitrogen and oxygen atoms in total. The average molecular weight is 443 g/mol. The Bertz CT molecular complexity index is 796. The molecule has 0 spiro atoms. The molecule has 0 radical (unpaired) electrons. The number of hydrogen-bond acceptors (Lipinski definition) is 7. The van der Waals surface area contributed by atoms with Gasteiger partial charge in [-0.05, 0) is 18.2 Å². The van der Waals surface area contributed by atoms with Gasteiger partial charge in [-0.15, -0.1) is 11.3 Å². The maximum Gasteiger partial charge on any atom is 0.326 e. The highest BCUT2D eigenvalue weighted by Gasteiger charge is 2.24. The highest BCUT2D eigenvalue weighted by atomic mass is 79.9. The highest BCUT2D eigenvalue weighted by molar-refractivity contribution is 9.10. The lowest BCUT2D eigenvalue weighted by Crippen LogP contribution is -2.30. The lowest BCUT2D eigenvalue weighted by Gasteiger charge is -2.12. The van der Waals surface area contributed by atoms with Crippen molar-refractivity contribution in [2.75, 3.05) is 26.0 Å². The van der Waals surface area contributed by atoms with Crippen LogP contribution in [0.5, 0.6) is 5.75 Å². The average Bonchev–Trinajstić information content (AvgIpc) is 3.22. The second kappa shape index (κ2) is 8.20. The van der Waals surface area contributed by atoms with Crippen LogP contribution in [0.1, 0.15) is 5.69 Å². The van der Waals surface area contributed by atoms with Gasteiger partial charge in [0.05, 0.1) is 18.4 Å². The molecule has 1 saturated heterocycles. The molecule has 1 aromatic carbocycles. The van der Waals surface area contributed by atoms with Crippen LogP contribution in [0.3, 0.4) is 0 Å². The van der Waals surface area contributed by atoms with Crippen LogP contribution < -0.4 is 4.74 Å². The second-order valence-corrected chi connectivity index (χ2v) is 8.01. The number of nitrogens with zero attached hydrogens (tertiary/aromatic N) is 2. The summed E-state index contributed by atoms with van der Waals surface area (Å²) in [5.74, 6) is 1.02. The van der Waals surface area contributed by atoms with Crippen LogP contribution in [0.4, 0.5) is 4.79 Å². The van der Waals surface area contributed by atoms with Gasteiger partial charge in [-0.2, -0.15) is 0 Å². The maximum absolute atomic E-state index is 11.9. The molecule has 0 aliphatic carbocycles. The number of carbonyl (C=O) groups excluding carboxylic acids is 2. The Balaban J connectivity index is 1.61. The lowest BCUT2D eigenvalue weighted by molar-refractivity contribution is -0.145. The number of benzene rings is 1. The van der Waals surface area contributed by atoms with E-state index < -0.39 is 5.97 Å². The number of methoxy groups -OCH3 is 1. The minimum atomic E-state index is -0.426. The van der Waals surface area contributed by atoms with Gasteiger partial charge in [0.15, 0.2) is 0 Å². The topological polar surface area (TPSA) is 68.7 Å². The summed E-state index contributed by atoms with van der Waals surface area (Å²) < 4.78 is 11.5. The fraction of sp³-hybridized carbons (Fsp3) is 0.312. The Labute approximate surface area is 161 Å². The molecule has 0 atom stereocenters. The predicted molar refractivity (Wildman–Crippen MR) is 101 cm³/mol. The van der Waals surface area contributed by atoms with E-state index in [1.165, 1.54) is 28.0 Å². The highest BCUT2D eigenvalue weighted by Crippen LogP contribution is 2.34. The molecule has 9 heteroatoms. The van der Waals surface area contributed by atoms with Crippen LogP contribution >= 0.6 is 39.0 Å². The molecule has 0 bridgehead atoms. The minimum Gasteiger partial charge on any atom is -0.496 e. The van der Waals surface area contributed by atoms with E-state index in [9.17, 15) is 9.59 Å². The monoisotopic (exact) mass is 442 g/mol. The fourth-order valence-corrected chi connectivity index (χ4v) is 4.28. The number of carbonyl (C=O) groups is 2. The Kier molecular flexibility index (Phi) is 5.98. The summed E-state index contributed by atoms with van der Waals surface area (Å²) in [6.07, 6.45) is 0. The van der Waals surface area contributed by atoms with Crippen molar-refractivity contribution in [1.82, 2.24) is 9.88 Å². The van der Waals surface area contributed by atoms with Crippen molar-refractivity contribution in [2.24, 2.45) is 0 Å². The largest absolute Gasteiger partial charge is 0.496 e. The fourth-order valence-electron chi connectivity index (χ4n) is 2.27. The third-order valence-corrected chi connectivity index (χ3v) is 5.80. The summed E-state index contributed by atoms with van der Waals surface area (Å²) in [5, 5.41) is 2.56. The van der Waals surface area contributed by atoms with Gasteiger partial charge in [-0.25, -0.2) is 4.98 Å². The van der Waals surface area contributed by atoms with E-state index >= 15 is 0 Å². The van der Waals surface area contributed by atoms with Crippen LogP contribution in [-0.4, -0.2) is 47.0 Å². The number of aromatic nitrogens is 1. The Morgan fingerprint density at radius 2 is 2.28 bits per heavy atom. The summed E-state index contributed by atoms with van der Waals surface area (Å²) >= 11 is 6.12. The maximum atomic E-state index is 11.9. The first-order valence-corrected chi connectivity index (χ1v) is 10.1. The zero-order chi connectivity index (χ0) is 17.8. The Hall–Kier alpha value is -1.58. The van der Waals surface area contributed by atoms with E-state index in [0.717, 1.165) is 26.5 Å². The summed E-state index contributed by atoms with van der Waals surface area (Å²) in [6.45, 7) is 0.658. The predicted octanol–water partition coefficient (Wildman–Crippen LogP) is 3.79. The van der Waals surface area contributed by atoms with Gasteiger partial charge in [0.1, 0.15) is 23.9 Å². The molecule has 1 amide bonds. The van der Waals surface area contributed by atoms with Crippen molar-refractivity contribution in [3.63, 3.8) is 0 Å². The molecule has 1 aliphatic heterocycles. The van der Waals surface area contributed by atoms with Crippen molar-refractivity contribution >= 4 is 50.2 Å². The smallest absolute Gasteiger partial charge is 0.326 e. The first kappa shape index (κ1) is 18.2. The number of thioether (sulfide) groups is 1. The van der Waals surface area contributed by atoms with Crippen molar-refractivity contribution in [1.29, 1.82) is 0 Å². The van der Waals surface area contributed by atoms with E-state index in [2.05, 4.69) is 20.9 Å². The number of rotatable bonds is 6. The molecule has 0 N–H and O–H groups in total. The normalized spacial score (nSPS) is 14.0. The van der Waals surface area contributed by atoms with E-state index in [1.54, 1.807) is 7.11 Å². The summed E-state index contributed by atoms with van der Waals surface area (Å²) in [5.41, 5.74) is 1.54. The van der Waals surface area contributed by atoms with Crippen LogP contribution in [0.2, 0.25) is 0 Å². The number of thiazole rings is 1. The second-order valence-electron chi connectivity index (χ2n) is 5.19. The van der Waals surface area contributed by atoms with Gasteiger partial charge < -0.3 is 14.4 Å². The number of esters is 1. The Morgan fingerprint density at radius 3 is 3.00 bits per heavy atom. The standard InChI is InChI=1S/C16H15BrN2O4S2/c1-22-13-3-2-10(17)6-12(13)15-18-11(9-25-15)8-23-14(20)7-19-4-5-24-16(19)21/h2-3,6,9H,4-5,7-8H2,1H3. The molecular formula is C16H15BrN2O4S2. The first-order chi connectivity index (χ1) is 12.1. The molecule has 25 heavy (non-hydrogen) atoms. The summed E-state index contributed by atoms with van der Waals surface area (Å²) in [7, 11) is 1.61. The van der Waals surface area contributed by atoms with Crippen molar-refractivity contribution in [3.8, 4) is 16.3 Å². The number of amides is 1. The van der Waals surface area contributed by atoms with Gasteiger partial charge in [0.2, 0.25) is 0 Å². The molecule has 2 heterocycles. The van der Waals surface area contributed by atoms with Gasteiger partial charge in [-0.1, -0.05) is 27.7 Å². The molecule has 3 rings (SSSR count). The molecule has 1 fully saturated rings. The molecule has 2 aromatic rings. The van der Waals surface area contributed by atoms with Crippen molar-refractivity contribution in [2.45, 2.75) is 6.61 Å². The Morgan fingerprint density at radius 1 is 1.44 bits per heavy atom. The SMILES string of the molecule is COc1ccc(Br)cc1-c1nc(COC(=O)CN2CCSC2=O)cs1. The van der Waals surface area contributed by atoms with Crippen molar-refractivity contribution < 1.29 is 19.1 Å². The third-order valence-electron chi connectivity index (χ3n) is 3.49. The van der Waals surface area contributed by atoms with E-state index in [4.69, 9.17) is 9.47 Å². The quantitative estimate of drug-likeness (QED) is 0.633. The van der Waals surface area contributed by atoms with E-state index in [1.807, 2.05) is 23.6 Å². The zero-order valence-electron chi connectivity index (χ0n) is 13.4. The van der Waals surface area contributed by atoms with Crippen molar-refractivity contribution in [3.05, 3.63) is 33.7 Å². The molecule has 0 saturated carbocycles. The first-order valence-electron chi connectivity index (χ1n) is 7.42. The zero-order valence-corrected chi connectivity index (χ0v) is 16.6. The van der Waals surface area contributed by atoms with Gasteiger partial charge in [0.25, 0.3) is 5.24 Å². The van der Waals surface area contributed by atoms with Gasteiger partial charge >= 0.3 is 5.97 Å². The number of ether oxygens (including phenoxy) is 2. The minimum absolute atomic E-state index is 0.0116. The molecular weight excluding hydrogens is 428 g/mol. The lowest BCUT2D eigenvalue weighted by atomic mass is 10.2. The third kappa shape index (κ3) is 4.53. The van der Waals surface area contributed by atoms with Gasteiger partial charge in [-0.3, -0.25) is 9.59 Å². The van der Waals surface area contributed by atoms with Crippen LogP contribution in [0, 0.1) is 0 Å². The molecule has 0 unspecified atom stereocenters. The molecule has 1 aromatic heterocycles. The van der Waals surface area contributed by atoms with Crippen LogP contribution in [0.15, 0.2) is 28.1 Å². The van der Waals surface area contributed by atoms with Crippen LogP contribution in [0.25, 0.3) is 10.6 Å². The van der Waals surface area contributed by atoms with Gasteiger partial charge in [0, 0.05) is 22.2 Å². The number of halogens is 1. The summed E-state index contributed by atoms with van der Waals surface area (Å²) in [4.78, 5) is 29.3. The summed E-state index contributed by atoms with van der Waals surface area (Å²) in [6, 6.07) is 5.70. The van der Waals surface area contributed by atoms with E-state index in [0.29, 0.717) is 12.2 Å². The molecule has 1 aliphatic rings.